The standard InChI is InChI=1S/C35H70N2/c1-4-7-9-11-13-15-17-18-19-20-21-23-25-27-29-31-35-36(6-3)33-34-37(35)32-30-28-26-24-22-16-14-12-10-8-5-2/h33-35H,4-32H2,1-3H3. The van der Waals surface area contributed by atoms with Crippen molar-refractivity contribution in [3.63, 3.8) is 0 Å². The van der Waals surface area contributed by atoms with Gasteiger partial charge in [-0.2, -0.15) is 0 Å². The highest BCUT2D eigenvalue weighted by Crippen LogP contribution is 2.23. The molecule has 220 valence electrons. The Balaban J connectivity index is 1.95. The summed E-state index contributed by atoms with van der Waals surface area (Å²) in [6.07, 6.45) is 44.3. The summed E-state index contributed by atoms with van der Waals surface area (Å²) in [5.41, 5.74) is 0. The molecule has 1 rings (SSSR count). The highest BCUT2D eigenvalue weighted by atomic mass is 15.4. The topological polar surface area (TPSA) is 6.48 Å². The van der Waals surface area contributed by atoms with Crippen molar-refractivity contribution < 1.29 is 0 Å². The van der Waals surface area contributed by atoms with Gasteiger partial charge in [-0.25, -0.2) is 0 Å². The fraction of sp³-hybridized carbons (Fsp3) is 0.943. The molecule has 37 heavy (non-hydrogen) atoms. The summed E-state index contributed by atoms with van der Waals surface area (Å²) in [5, 5.41) is 0. The molecular weight excluding hydrogens is 448 g/mol. The van der Waals surface area contributed by atoms with Gasteiger partial charge in [0.15, 0.2) is 0 Å². The summed E-state index contributed by atoms with van der Waals surface area (Å²) in [6.45, 7) is 9.33. The van der Waals surface area contributed by atoms with E-state index in [1.807, 2.05) is 0 Å². The lowest BCUT2D eigenvalue weighted by Gasteiger charge is -2.32. The van der Waals surface area contributed by atoms with Crippen molar-refractivity contribution in [3.8, 4) is 0 Å². The van der Waals surface area contributed by atoms with Crippen LogP contribution < -0.4 is 0 Å². The molecule has 0 aromatic rings. The highest BCUT2D eigenvalue weighted by molar-refractivity contribution is 4.96. The Morgan fingerprint density at radius 1 is 0.378 bits per heavy atom. The smallest absolute Gasteiger partial charge is 0.101 e. The van der Waals surface area contributed by atoms with Crippen LogP contribution in [-0.2, 0) is 0 Å². The molecule has 0 saturated heterocycles. The molecule has 1 aliphatic rings. The third-order valence-electron chi connectivity index (χ3n) is 8.67. The third-order valence-corrected chi connectivity index (χ3v) is 8.67. The van der Waals surface area contributed by atoms with Crippen LogP contribution in [0.15, 0.2) is 12.4 Å². The third kappa shape index (κ3) is 20.0. The molecule has 2 nitrogen and oxygen atoms in total. The second-order valence-corrected chi connectivity index (χ2v) is 12.1. The quantitative estimate of drug-likeness (QED) is 0.0908. The van der Waals surface area contributed by atoms with Gasteiger partial charge in [-0.05, 0) is 26.2 Å². The van der Waals surface area contributed by atoms with Crippen LogP contribution in [0.1, 0.15) is 194 Å². The molecule has 0 bridgehead atoms. The van der Waals surface area contributed by atoms with Crippen LogP contribution in [0.4, 0.5) is 0 Å². The molecule has 0 aromatic heterocycles. The second kappa shape index (κ2) is 26.9. The molecule has 0 aromatic carbocycles. The van der Waals surface area contributed by atoms with E-state index in [1.54, 1.807) is 0 Å². The number of nitrogens with zero attached hydrogens (tertiary/aromatic N) is 2. The summed E-state index contributed by atoms with van der Waals surface area (Å²) in [4.78, 5) is 5.23. The molecule has 0 fully saturated rings. The second-order valence-electron chi connectivity index (χ2n) is 12.1. The van der Waals surface area contributed by atoms with E-state index in [2.05, 4.69) is 43.0 Å². The van der Waals surface area contributed by atoms with Crippen molar-refractivity contribution in [1.82, 2.24) is 9.80 Å². The molecule has 0 saturated carbocycles. The average molecular weight is 519 g/mol. The molecule has 0 amide bonds. The van der Waals surface area contributed by atoms with E-state index >= 15 is 0 Å². The van der Waals surface area contributed by atoms with Gasteiger partial charge in [0.25, 0.3) is 0 Å². The number of hydrogen-bond donors (Lipinski definition) is 0. The zero-order valence-corrected chi connectivity index (χ0v) is 26.1. The first-order chi connectivity index (χ1) is 18.3. The van der Waals surface area contributed by atoms with Crippen molar-refractivity contribution in [3.05, 3.63) is 12.4 Å². The van der Waals surface area contributed by atoms with Gasteiger partial charge in [-0.1, -0.05) is 168 Å². The largest absolute Gasteiger partial charge is 0.356 e. The predicted molar refractivity (Wildman–Crippen MR) is 168 cm³/mol. The van der Waals surface area contributed by atoms with Gasteiger partial charge in [-0.15, -0.1) is 0 Å². The zero-order valence-electron chi connectivity index (χ0n) is 26.1. The fourth-order valence-electron chi connectivity index (χ4n) is 6.09. The first-order valence-electron chi connectivity index (χ1n) is 17.5. The van der Waals surface area contributed by atoms with Crippen molar-refractivity contribution in [2.24, 2.45) is 0 Å². The molecule has 1 unspecified atom stereocenters. The molecule has 0 spiro atoms. The van der Waals surface area contributed by atoms with E-state index < -0.39 is 0 Å². The molecule has 0 radical (unpaired) electrons. The summed E-state index contributed by atoms with van der Waals surface area (Å²) < 4.78 is 0. The predicted octanol–water partition coefficient (Wildman–Crippen LogP) is 12.0. The summed E-state index contributed by atoms with van der Waals surface area (Å²) >= 11 is 0. The van der Waals surface area contributed by atoms with E-state index in [-0.39, 0.29) is 0 Å². The molecule has 0 aliphatic carbocycles. The number of rotatable bonds is 29. The van der Waals surface area contributed by atoms with E-state index in [1.165, 1.54) is 180 Å². The van der Waals surface area contributed by atoms with Crippen LogP contribution >= 0.6 is 0 Å². The average Bonchev–Trinajstić information content (AvgIpc) is 3.31. The van der Waals surface area contributed by atoms with Crippen LogP contribution in [0.3, 0.4) is 0 Å². The minimum absolute atomic E-state index is 0.634. The molecule has 1 atom stereocenters. The Labute approximate surface area is 235 Å². The van der Waals surface area contributed by atoms with E-state index in [0.717, 1.165) is 6.54 Å². The van der Waals surface area contributed by atoms with Crippen molar-refractivity contribution in [2.45, 2.75) is 200 Å². The molecule has 1 heterocycles. The maximum absolute atomic E-state index is 2.65. The molecule has 2 heteroatoms. The van der Waals surface area contributed by atoms with E-state index in [4.69, 9.17) is 0 Å². The summed E-state index contributed by atoms with van der Waals surface area (Å²) in [5.74, 6) is 0. The Hall–Kier alpha value is -0.660. The Kier molecular flexibility index (Phi) is 25.0. The van der Waals surface area contributed by atoms with Gasteiger partial charge < -0.3 is 9.80 Å². The lowest BCUT2D eigenvalue weighted by Crippen LogP contribution is -2.38. The van der Waals surface area contributed by atoms with E-state index in [9.17, 15) is 0 Å². The van der Waals surface area contributed by atoms with Gasteiger partial charge in [-0.3, -0.25) is 0 Å². The Morgan fingerprint density at radius 2 is 0.703 bits per heavy atom. The van der Waals surface area contributed by atoms with Crippen LogP contribution in [0.2, 0.25) is 0 Å². The first-order valence-corrected chi connectivity index (χ1v) is 17.5. The maximum Gasteiger partial charge on any atom is 0.101 e. The fourth-order valence-corrected chi connectivity index (χ4v) is 6.09. The van der Waals surface area contributed by atoms with Crippen LogP contribution in [-0.4, -0.2) is 29.1 Å². The molecule has 0 N–H and O–H groups in total. The highest BCUT2D eigenvalue weighted by Gasteiger charge is 2.23. The van der Waals surface area contributed by atoms with Crippen LogP contribution in [0, 0.1) is 0 Å². The minimum Gasteiger partial charge on any atom is -0.356 e. The van der Waals surface area contributed by atoms with E-state index in [0.29, 0.717) is 6.17 Å². The number of unbranched alkanes of at least 4 members (excludes halogenated alkanes) is 24. The Bertz CT molecular complexity index is 474. The van der Waals surface area contributed by atoms with Crippen LogP contribution in [0.5, 0.6) is 0 Å². The van der Waals surface area contributed by atoms with Gasteiger partial charge in [0.05, 0.1) is 0 Å². The number of hydrogen-bond acceptors (Lipinski definition) is 2. The van der Waals surface area contributed by atoms with Crippen molar-refractivity contribution in [2.75, 3.05) is 13.1 Å². The van der Waals surface area contributed by atoms with Crippen molar-refractivity contribution in [1.29, 1.82) is 0 Å². The van der Waals surface area contributed by atoms with Gasteiger partial charge in [0.1, 0.15) is 6.17 Å². The minimum atomic E-state index is 0.634. The van der Waals surface area contributed by atoms with Gasteiger partial charge >= 0.3 is 0 Å². The van der Waals surface area contributed by atoms with Crippen LogP contribution in [0.25, 0.3) is 0 Å². The lowest BCUT2D eigenvalue weighted by atomic mass is 10.0. The Morgan fingerprint density at radius 3 is 1.08 bits per heavy atom. The summed E-state index contributed by atoms with van der Waals surface area (Å²) in [7, 11) is 0. The molecular formula is C35H70N2. The summed E-state index contributed by atoms with van der Waals surface area (Å²) in [6, 6.07) is 0. The monoisotopic (exact) mass is 519 g/mol. The SMILES string of the molecule is CCCCCCCCCCCCCCCCCC1N(CC)C=CN1CCCCCCCCCCCCC. The normalized spacial score (nSPS) is 15.4. The van der Waals surface area contributed by atoms with Gasteiger partial charge in [0, 0.05) is 25.5 Å². The van der Waals surface area contributed by atoms with Crippen molar-refractivity contribution >= 4 is 0 Å². The van der Waals surface area contributed by atoms with Gasteiger partial charge in [0.2, 0.25) is 0 Å². The molecule has 1 aliphatic heterocycles. The lowest BCUT2D eigenvalue weighted by molar-refractivity contribution is 0.142. The first kappa shape index (κ1) is 34.4. The zero-order chi connectivity index (χ0) is 26.7. The maximum atomic E-state index is 2.65.